The quantitative estimate of drug-likeness (QED) is 0.371. The molecule has 164 valence electrons. The smallest absolute Gasteiger partial charge is 0.222 e. The number of amides is 1. The number of carbonyl (C=O) groups excluding carboxylic acids is 1. The number of aromatic nitrogens is 2. The molecular weight excluding hydrogens is 420 g/mol. The Morgan fingerprint density at radius 1 is 1.06 bits per heavy atom. The zero-order valence-corrected chi connectivity index (χ0v) is 18.8. The van der Waals surface area contributed by atoms with Crippen molar-refractivity contribution in [2.75, 3.05) is 11.4 Å². The van der Waals surface area contributed by atoms with Crippen molar-refractivity contribution in [3.63, 3.8) is 0 Å². The predicted octanol–water partition coefficient (Wildman–Crippen LogP) is 5.00. The molecule has 7 heteroatoms. The molecule has 0 bridgehead atoms. The fourth-order valence-electron chi connectivity index (χ4n) is 3.43. The first-order chi connectivity index (χ1) is 15.7. The van der Waals surface area contributed by atoms with E-state index in [4.69, 9.17) is 9.40 Å². The van der Waals surface area contributed by atoms with Crippen LogP contribution in [0.25, 0.3) is 0 Å². The van der Waals surface area contributed by atoms with Crippen LogP contribution in [0.15, 0.2) is 83.5 Å². The van der Waals surface area contributed by atoms with Gasteiger partial charge in [-0.15, -0.1) is 0 Å². The third kappa shape index (κ3) is 6.04. The Kier molecular flexibility index (Phi) is 7.30. The van der Waals surface area contributed by atoms with Crippen molar-refractivity contribution in [3.8, 4) is 0 Å². The van der Waals surface area contributed by atoms with Gasteiger partial charge in [-0.25, -0.2) is 4.98 Å². The molecule has 0 spiro atoms. The Balaban J connectivity index is 1.40. The highest BCUT2D eigenvalue weighted by molar-refractivity contribution is 7.09. The standard InChI is InChI=1S/C25H26N4O2S/c1-19(21-11-6-3-7-12-21)26-24(30)14-15-29(18-22-13-8-16-31-22)25-27-23(28-32-25)17-20-9-4-2-5-10-20/h2-13,16,19H,14-15,17-18H2,1H3,(H,26,30). The lowest BCUT2D eigenvalue weighted by atomic mass is 10.1. The molecule has 2 aromatic heterocycles. The van der Waals surface area contributed by atoms with Crippen LogP contribution in [-0.2, 0) is 17.8 Å². The summed E-state index contributed by atoms with van der Waals surface area (Å²) in [5, 5.41) is 3.87. The minimum atomic E-state index is -0.0405. The fraction of sp³-hybridized carbons (Fsp3) is 0.240. The molecule has 0 fully saturated rings. The summed E-state index contributed by atoms with van der Waals surface area (Å²) in [6.07, 6.45) is 2.69. The summed E-state index contributed by atoms with van der Waals surface area (Å²) in [5.41, 5.74) is 2.26. The summed E-state index contributed by atoms with van der Waals surface area (Å²) in [4.78, 5) is 19.4. The normalized spacial score (nSPS) is 11.8. The van der Waals surface area contributed by atoms with Crippen LogP contribution in [0, 0.1) is 0 Å². The van der Waals surface area contributed by atoms with E-state index in [0.29, 0.717) is 25.9 Å². The maximum absolute atomic E-state index is 12.6. The highest BCUT2D eigenvalue weighted by atomic mass is 32.1. The molecule has 4 rings (SSSR count). The van der Waals surface area contributed by atoms with Crippen molar-refractivity contribution in [1.82, 2.24) is 14.7 Å². The Morgan fingerprint density at radius 2 is 1.81 bits per heavy atom. The SMILES string of the molecule is CC(NC(=O)CCN(Cc1ccco1)c1nc(Cc2ccccc2)ns1)c1ccccc1. The molecule has 1 N–H and O–H groups in total. The van der Waals surface area contributed by atoms with Gasteiger partial charge in [0.25, 0.3) is 0 Å². The van der Waals surface area contributed by atoms with E-state index in [0.717, 1.165) is 22.3 Å². The highest BCUT2D eigenvalue weighted by Gasteiger charge is 2.17. The summed E-state index contributed by atoms with van der Waals surface area (Å²) in [7, 11) is 0. The lowest BCUT2D eigenvalue weighted by molar-refractivity contribution is -0.121. The zero-order chi connectivity index (χ0) is 22.2. The number of nitrogens with one attached hydrogen (secondary N) is 1. The van der Waals surface area contributed by atoms with Crippen molar-refractivity contribution in [3.05, 3.63) is 102 Å². The van der Waals surface area contributed by atoms with Crippen molar-refractivity contribution in [2.24, 2.45) is 0 Å². The first-order valence-electron chi connectivity index (χ1n) is 10.7. The average molecular weight is 447 g/mol. The molecule has 1 atom stereocenters. The number of benzene rings is 2. The van der Waals surface area contributed by atoms with E-state index in [-0.39, 0.29) is 11.9 Å². The Morgan fingerprint density at radius 3 is 2.53 bits per heavy atom. The number of furan rings is 1. The minimum absolute atomic E-state index is 0.000165. The second kappa shape index (κ2) is 10.7. The number of hydrogen-bond donors (Lipinski definition) is 1. The van der Waals surface area contributed by atoms with Gasteiger partial charge in [-0.2, -0.15) is 4.37 Å². The monoisotopic (exact) mass is 446 g/mol. The van der Waals surface area contributed by atoms with Crippen LogP contribution in [0.5, 0.6) is 0 Å². The molecule has 0 radical (unpaired) electrons. The molecular formula is C25H26N4O2S. The Bertz CT molecular complexity index is 1100. The Labute approximate surface area is 192 Å². The second-order valence-electron chi connectivity index (χ2n) is 7.61. The molecule has 6 nitrogen and oxygen atoms in total. The lowest BCUT2D eigenvalue weighted by Gasteiger charge is -2.21. The van der Waals surface area contributed by atoms with Crippen molar-refractivity contribution >= 4 is 22.6 Å². The highest BCUT2D eigenvalue weighted by Crippen LogP contribution is 2.22. The van der Waals surface area contributed by atoms with Crippen LogP contribution in [0.2, 0.25) is 0 Å². The topological polar surface area (TPSA) is 71.3 Å². The largest absolute Gasteiger partial charge is 0.467 e. The maximum atomic E-state index is 12.6. The molecule has 4 aromatic rings. The summed E-state index contributed by atoms with van der Waals surface area (Å²) >= 11 is 1.35. The number of carbonyl (C=O) groups is 1. The lowest BCUT2D eigenvalue weighted by Crippen LogP contribution is -2.32. The van der Waals surface area contributed by atoms with Gasteiger partial charge in [0.1, 0.15) is 11.6 Å². The van der Waals surface area contributed by atoms with Gasteiger partial charge >= 0.3 is 0 Å². The van der Waals surface area contributed by atoms with Gasteiger partial charge in [-0.1, -0.05) is 60.7 Å². The van der Waals surface area contributed by atoms with E-state index in [1.54, 1.807) is 6.26 Å². The molecule has 2 aromatic carbocycles. The van der Waals surface area contributed by atoms with Gasteiger partial charge in [0.05, 0.1) is 18.8 Å². The maximum Gasteiger partial charge on any atom is 0.222 e. The molecule has 0 saturated heterocycles. The zero-order valence-electron chi connectivity index (χ0n) is 18.0. The number of nitrogens with zero attached hydrogens (tertiary/aromatic N) is 3. The van der Waals surface area contributed by atoms with E-state index in [2.05, 4.69) is 26.7 Å². The summed E-state index contributed by atoms with van der Waals surface area (Å²) in [6, 6.07) is 23.9. The summed E-state index contributed by atoms with van der Waals surface area (Å²) in [6.45, 7) is 3.05. The van der Waals surface area contributed by atoms with E-state index in [1.165, 1.54) is 17.1 Å². The average Bonchev–Trinajstić information content (AvgIpc) is 3.50. The van der Waals surface area contributed by atoms with E-state index in [1.807, 2.05) is 67.6 Å². The van der Waals surface area contributed by atoms with Crippen LogP contribution in [-0.4, -0.2) is 21.8 Å². The van der Waals surface area contributed by atoms with Gasteiger partial charge in [0, 0.05) is 30.9 Å². The van der Waals surface area contributed by atoms with E-state index < -0.39 is 0 Å². The van der Waals surface area contributed by atoms with Gasteiger partial charge in [0.2, 0.25) is 11.0 Å². The molecule has 0 aliphatic heterocycles. The Hall–Kier alpha value is -3.45. The fourth-order valence-corrected chi connectivity index (χ4v) is 4.14. The van der Waals surface area contributed by atoms with Crippen LogP contribution < -0.4 is 10.2 Å². The van der Waals surface area contributed by atoms with Crippen molar-refractivity contribution in [2.45, 2.75) is 32.4 Å². The molecule has 0 saturated carbocycles. The van der Waals surface area contributed by atoms with E-state index in [9.17, 15) is 4.79 Å². The molecule has 1 amide bonds. The molecule has 1 unspecified atom stereocenters. The van der Waals surface area contributed by atoms with Gasteiger partial charge in [-0.3, -0.25) is 4.79 Å². The van der Waals surface area contributed by atoms with E-state index >= 15 is 0 Å². The first kappa shape index (κ1) is 21.8. The summed E-state index contributed by atoms with van der Waals surface area (Å²) in [5.74, 6) is 1.60. The summed E-state index contributed by atoms with van der Waals surface area (Å²) < 4.78 is 10.1. The van der Waals surface area contributed by atoms with Crippen LogP contribution in [0.3, 0.4) is 0 Å². The number of hydrogen-bond acceptors (Lipinski definition) is 6. The number of rotatable bonds is 10. The third-order valence-electron chi connectivity index (χ3n) is 5.15. The predicted molar refractivity (Wildman–Crippen MR) is 127 cm³/mol. The molecule has 0 aliphatic rings. The number of anilines is 1. The minimum Gasteiger partial charge on any atom is -0.467 e. The third-order valence-corrected chi connectivity index (χ3v) is 5.96. The van der Waals surface area contributed by atoms with Gasteiger partial charge in [-0.05, 0) is 30.2 Å². The van der Waals surface area contributed by atoms with Gasteiger partial charge in [0.15, 0.2) is 0 Å². The second-order valence-corrected chi connectivity index (χ2v) is 8.34. The van der Waals surface area contributed by atoms with Crippen LogP contribution in [0.4, 0.5) is 5.13 Å². The van der Waals surface area contributed by atoms with Gasteiger partial charge < -0.3 is 14.6 Å². The molecule has 32 heavy (non-hydrogen) atoms. The molecule has 2 heterocycles. The van der Waals surface area contributed by atoms with Crippen LogP contribution in [0.1, 0.15) is 42.1 Å². The molecule has 0 aliphatic carbocycles. The first-order valence-corrected chi connectivity index (χ1v) is 11.4. The van der Waals surface area contributed by atoms with Crippen molar-refractivity contribution < 1.29 is 9.21 Å². The van der Waals surface area contributed by atoms with Crippen LogP contribution >= 0.6 is 11.5 Å². The van der Waals surface area contributed by atoms with Crippen molar-refractivity contribution in [1.29, 1.82) is 0 Å².